The fraction of sp³-hybridized carbons (Fsp3) is 0.643. The van der Waals surface area contributed by atoms with Crippen LogP contribution in [0.3, 0.4) is 0 Å². The predicted octanol–water partition coefficient (Wildman–Crippen LogP) is 0.562. The molecule has 0 unspecified atom stereocenters. The minimum Gasteiger partial charge on any atom is -0.348 e. The van der Waals surface area contributed by atoms with Crippen LogP contribution in [0.5, 0.6) is 0 Å². The van der Waals surface area contributed by atoms with Crippen molar-refractivity contribution in [2.45, 2.75) is 25.2 Å². The minimum absolute atomic E-state index is 0.134. The predicted molar refractivity (Wildman–Crippen MR) is 75.8 cm³/mol. The van der Waals surface area contributed by atoms with E-state index in [0.29, 0.717) is 12.5 Å². The molecule has 1 aromatic heterocycles. The summed E-state index contributed by atoms with van der Waals surface area (Å²) in [6, 6.07) is 1.56. The van der Waals surface area contributed by atoms with E-state index in [1.807, 2.05) is 19.0 Å². The second-order valence-electron chi connectivity index (χ2n) is 5.93. The van der Waals surface area contributed by atoms with Crippen molar-refractivity contribution < 1.29 is 4.79 Å². The van der Waals surface area contributed by atoms with Gasteiger partial charge >= 0.3 is 0 Å². The Hall–Kier alpha value is -1.85. The van der Waals surface area contributed by atoms with Crippen molar-refractivity contribution in [3.63, 3.8) is 0 Å². The summed E-state index contributed by atoms with van der Waals surface area (Å²) in [5, 5.41) is 0. The molecule has 0 bridgehead atoms. The van der Waals surface area contributed by atoms with Crippen LogP contribution in [-0.4, -0.2) is 48.0 Å². The highest BCUT2D eigenvalue weighted by atomic mass is 16.2. The molecule has 1 atom stereocenters. The van der Waals surface area contributed by atoms with E-state index in [0.717, 1.165) is 31.5 Å². The van der Waals surface area contributed by atoms with E-state index in [9.17, 15) is 9.59 Å². The Labute approximate surface area is 117 Å². The highest BCUT2D eigenvalue weighted by Gasteiger charge is 2.37. The first-order valence-electron chi connectivity index (χ1n) is 7.12. The second kappa shape index (κ2) is 4.92. The van der Waals surface area contributed by atoms with Crippen molar-refractivity contribution in [2.75, 3.05) is 32.1 Å². The van der Waals surface area contributed by atoms with Crippen molar-refractivity contribution in [1.29, 1.82) is 0 Å². The number of H-pyrrole nitrogens is 1. The van der Waals surface area contributed by atoms with E-state index < -0.39 is 0 Å². The Kier molecular flexibility index (Phi) is 3.23. The van der Waals surface area contributed by atoms with Gasteiger partial charge in [0.05, 0.1) is 5.69 Å². The molecule has 1 aliphatic carbocycles. The van der Waals surface area contributed by atoms with Gasteiger partial charge in [0.1, 0.15) is 0 Å². The highest BCUT2D eigenvalue weighted by Crippen LogP contribution is 2.34. The first kappa shape index (κ1) is 13.1. The molecule has 1 aliphatic heterocycles. The molecule has 6 heteroatoms. The maximum atomic E-state index is 12.1. The van der Waals surface area contributed by atoms with E-state index in [1.165, 1.54) is 0 Å². The molecule has 2 heterocycles. The summed E-state index contributed by atoms with van der Waals surface area (Å²) in [7, 11) is 3.69. The Morgan fingerprint density at radius 2 is 2.15 bits per heavy atom. The summed E-state index contributed by atoms with van der Waals surface area (Å²) < 4.78 is 0. The molecule has 2 fully saturated rings. The van der Waals surface area contributed by atoms with Crippen molar-refractivity contribution in [3.8, 4) is 0 Å². The third-order valence-electron chi connectivity index (χ3n) is 4.02. The van der Waals surface area contributed by atoms with Crippen molar-refractivity contribution in [3.05, 3.63) is 22.1 Å². The van der Waals surface area contributed by atoms with E-state index in [4.69, 9.17) is 0 Å². The third-order valence-corrected chi connectivity index (χ3v) is 4.02. The summed E-state index contributed by atoms with van der Waals surface area (Å²) in [6.07, 6.45) is 2.96. The van der Waals surface area contributed by atoms with Crippen LogP contribution in [-0.2, 0) is 4.79 Å². The van der Waals surface area contributed by atoms with Gasteiger partial charge in [0, 0.05) is 45.1 Å². The lowest BCUT2D eigenvalue weighted by atomic mass is 10.1. The van der Waals surface area contributed by atoms with Gasteiger partial charge in [-0.15, -0.1) is 0 Å². The van der Waals surface area contributed by atoms with Crippen LogP contribution < -0.4 is 10.5 Å². The average molecular weight is 276 g/mol. The van der Waals surface area contributed by atoms with E-state index in [2.05, 4.69) is 9.97 Å². The SMILES string of the molecule is CN(C)c1nc([C@H]2CCN(C(=O)C3CC3)C2)cc(=O)[nH]1. The van der Waals surface area contributed by atoms with Gasteiger partial charge < -0.3 is 9.80 Å². The number of aromatic nitrogens is 2. The normalized spacial score (nSPS) is 22.1. The molecule has 1 N–H and O–H groups in total. The molecule has 6 nitrogen and oxygen atoms in total. The van der Waals surface area contributed by atoms with Crippen LogP contribution in [0, 0.1) is 5.92 Å². The maximum absolute atomic E-state index is 12.1. The molecule has 0 aromatic carbocycles. The fourth-order valence-corrected chi connectivity index (χ4v) is 2.67. The summed E-state index contributed by atoms with van der Waals surface area (Å²) in [6.45, 7) is 1.48. The molecule has 108 valence electrons. The van der Waals surface area contributed by atoms with E-state index in [1.54, 1.807) is 11.0 Å². The number of aromatic amines is 1. The Morgan fingerprint density at radius 1 is 1.40 bits per heavy atom. The van der Waals surface area contributed by atoms with E-state index >= 15 is 0 Å². The van der Waals surface area contributed by atoms with Gasteiger partial charge in [0.15, 0.2) is 0 Å². The number of rotatable bonds is 3. The van der Waals surface area contributed by atoms with Crippen LogP contribution in [0.25, 0.3) is 0 Å². The summed E-state index contributed by atoms with van der Waals surface area (Å²) in [5.74, 6) is 1.29. The second-order valence-corrected chi connectivity index (χ2v) is 5.93. The minimum atomic E-state index is -0.134. The standard InChI is InChI=1S/C14H20N4O2/c1-17(2)14-15-11(7-12(19)16-14)10-5-6-18(8-10)13(20)9-3-4-9/h7,9-10H,3-6,8H2,1-2H3,(H,15,16,19)/t10-/m0/s1. The number of nitrogens with one attached hydrogen (secondary N) is 1. The topological polar surface area (TPSA) is 69.3 Å². The van der Waals surface area contributed by atoms with Crippen molar-refractivity contribution in [2.24, 2.45) is 5.92 Å². The molecule has 2 aliphatic rings. The monoisotopic (exact) mass is 276 g/mol. The summed E-state index contributed by atoms with van der Waals surface area (Å²) >= 11 is 0. The zero-order valence-corrected chi connectivity index (χ0v) is 11.9. The van der Waals surface area contributed by atoms with Gasteiger partial charge in [-0.1, -0.05) is 0 Å². The van der Waals surface area contributed by atoms with Crippen LogP contribution in [0.4, 0.5) is 5.95 Å². The Bertz CT molecular complexity index is 577. The highest BCUT2D eigenvalue weighted by molar-refractivity contribution is 5.81. The van der Waals surface area contributed by atoms with Crippen molar-refractivity contribution in [1.82, 2.24) is 14.9 Å². The van der Waals surface area contributed by atoms with Gasteiger partial charge in [-0.05, 0) is 19.3 Å². The third kappa shape index (κ3) is 2.55. The number of hydrogen-bond donors (Lipinski definition) is 1. The Balaban J connectivity index is 1.77. The molecule has 3 rings (SSSR count). The smallest absolute Gasteiger partial charge is 0.252 e. The number of carbonyl (C=O) groups is 1. The lowest BCUT2D eigenvalue weighted by molar-refractivity contribution is -0.131. The van der Waals surface area contributed by atoms with Gasteiger partial charge in [0.2, 0.25) is 11.9 Å². The zero-order valence-electron chi connectivity index (χ0n) is 11.9. The number of anilines is 1. The lowest BCUT2D eigenvalue weighted by Gasteiger charge is -2.17. The lowest BCUT2D eigenvalue weighted by Crippen LogP contribution is -2.30. The molecule has 0 spiro atoms. The number of amides is 1. The maximum Gasteiger partial charge on any atom is 0.252 e. The van der Waals surface area contributed by atoms with Crippen LogP contribution in [0.1, 0.15) is 30.9 Å². The number of likely N-dealkylation sites (tertiary alicyclic amines) is 1. The number of nitrogens with zero attached hydrogens (tertiary/aromatic N) is 3. The first-order valence-corrected chi connectivity index (χ1v) is 7.12. The largest absolute Gasteiger partial charge is 0.348 e. The van der Waals surface area contributed by atoms with Crippen LogP contribution in [0.2, 0.25) is 0 Å². The molecule has 20 heavy (non-hydrogen) atoms. The van der Waals surface area contributed by atoms with Gasteiger partial charge in [-0.2, -0.15) is 0 Å². The van der Waals surface area contributed by atoms with Crippen LogP contribution in [0.15, 0.2) is 10.9 Å². The molecule has 1 saturated heterocycles. The summed E-state index contributed by atoms with van der Waals surface area (Å²) in [5.41, 5.74) is 0.661. The van der Waals surface area contributed by atoms with Gasteiger partial charge in [-0.25, -0.2) is 4.98 Å². The fourth-order valence-electron chi connectivity index (χ4n) is 2.67. The molecule has 0 radical (unpaired) electrons. The average Bonchev–Trinajstić information content (AvgIpc) is 3.14. The number of carbonyl (C=O) groups excluding carboxylic acids is 1. The molecule has 1 saturated carbocycles. The van der Waals surface area contributed by atoms with Crippen molar-refractivity contribution >= 4 is 11.9 Å². The summed E-state index contributed by atoms with van der Waals surface area (Å²) in [4.78, 5) is 34.7. The molecular weight excluding hydrogens is 256 g/mol. The van der Waals surface area contributed by atoms with E-state index in [-0.39, 0.29) is 23.3 Å². The molecule has 1 aromatic rings. The quantitative estimate of drug-likeness (QED) is 0.876. The van der Waals surface area contributed by atoms with Crippen LogP contribution >= 0.6 is 0 Å². The van der Waals surface area contributed by atoms with Gasteiger partial charge in [0.25, 0.3) is 5.56 Å². The van der Waals surface area contributed by atoms with Gasteiger partial charge in [-0.3, -0.25) is 14.6 Å². The first-order chi connectivity index (χ1) is 9.54. The molecule has 1 amide bonds. The zero-order chi connectivity index (χ0) is 14.3. The number of hydrogen-bond acceptors (Lipinski definition) is 4. The molecular formula is C14H20N4O2. The Morgan fingerprint density at radius 3 is 2.80 bits per heavy atom.